The fraction of sp³-hybridized carbons (Fsp3) is 0.733. The summed E-state index contributed by atoms with van der Waals surface area (Å²) in [5, 5.41) is 9.65. The highest BCUT2D eigenvalue weighted by molar-refractivity contribution is 7.09. The molecule has 1 heterocycles. The Bertz CT molecular complexity index is 437. The summed E-state index contributed by atoms with van der Waals surface area (Å²) in [5.74, 6) is 0.810. The van der Waals surface area contributed by atoms with Crippen molar-refractivity contribution in [2.45, 2.75) is 46.6 Å². The van der Waals surface area contributed by atoms with Crippen LogP contribution in [0.3, 0.4) is 0 Å². The number of thiazole rings is 1. The summed E-state index contributed by atoms with van der Waals surface area (Å²) in [6.45, 7) is 14.2. The average molecular weight is 312 g/mol. The van der Waals surface area contributed by atoms with Crippen LogP contribution in [-0.4, -0.2) is 37.2 Å². The van der Waals surface area contributed by atoms with Gasteiger partial charge in [0.15, 0.2) is 5.96 Å². The van der Waals surface area contributed by atoms with Gasteiger partial charge in [-0.1, -0.05) is 20.8 Å². The molecule has 0 aliphatic heterocycles. The number of hydrogen-bond acceptors (Lipinski definition) is 4. The van der Waals surface area contributed by atoms with Gasteiger partial charge in [0.05, 0.1) is 18.8 Å². The van der Waals surface area contributed by atoms with Gasteiger partial charge in [-0.3, -0.25) is 0 Å². The summed E-state index contributed by atoms with van der Waals surface area (Å²) in [6.07, 6.45) is 0. The Morgan fingerprint density at radius 2 is 2.10 bits per heavy atom. The summed E-state index contributed by atoms with van der Waals surface area (Å²) in [7, 11) is 0. The second kappa shape index (κ2) is 9.00. The van der Waals surface area contributed by atoms with Crippen LogP contribution in [0.2, 0.25) is 0 Å². The second-order valence-electron chi connectivity index (χ2n) is 5.70. The van der Waals surface area contributed by atoms with Gasteiger partial charge in [-0.05, 0) is 13.8 Å². The molecule has 0 aromatic carbocycles. The molecule has 0 amide bonds. The number of guanidine groups is 1. The third-order valence-electron chi connectivity index (χ3n) is 2.78. The van der Waals surface area contributed by atoms with Crippen molar-refractivity contribution < 1.29 is 4.74 Å². The molecule has 0 saturated heterocycles. The van der Waals surface area contributed by atoms with E-state index in [2.05, 4.69) is 53.7 Å². The van der Waals surface area contributed by atoms with E-state index in [0.29, 0.717) is 13.2 Å². The van der Waals surface area contributed by atoms with Crippen LogP contribution in [0.1, 0.15) is 45.3 Å². The second-order valence-corrected chi connectivity index (χ2v) is 6.64. The molecular weight excluding hydrogens is 284 g/mol. The minimum atomic E-state index is 0.0959. The van der Waals surface area contributed by atoms with Crippen molar-refractivity contribution in [2.75, 3.05) is 26.3 Å². The van der Waals surface area contributed by atoms with E-state index in [1.807, 2.05) is 6.92 Å². The first-order valence-corrected chi connectivity index (χ1v) is 8.40. The predicted molar refractivity (Wildman–Crippen MR) is 90.1 cm³/mol. The molecular formula is C15H28N4OS. The van der Waals surface area contributed by atoms with Crippen molar-refractivity contribution in [3.05, 3.63) is 16.1 Å². The smallest absolute Gasteiger partial charge is 0.191 e. The third kappa shape index (κ3) is 6.91. The third-order valence-corrected chi connectivity index (χ3v) is 3.61. The van der Waals surface area contributed by atoms with Gasteiger partial charge in [-0.15, -0.1) is 11.3 Å². The summed E-state index contributed by atoms with van der Waals surface area (Å²) < 4.78 is 5.31. The van der Waals surface area contributed by atoms with Crippen LogP contribution in [0.15, 0.2) is 10.4 Å². The molecule has 0 aliphatic rings. The van der Waals surface area contributed by atoms with Gasteiger partial charge in [-0.25, -0.2) is 9.98 Å². The number of hydrogen-bond donors (Lipinski definition) is 2. The summed E-state index contributed by atoms with van der Waals surface area (Å²) in [4.78, 5) is 9.22. The van der Waals surface area contributed by atoms with Crippen LogP contribution >= 0.6 is 11.3 Å². The van der Waals surface area contributed by atoms with Crippen molar-refractivity contribution in [1.82, 2.24) is 15.6 Å². The van der Waals surface area contributed by atoms with Crippen molar-refractivity contribution >= 4 is 17.3 Å². The molecule has 0 spiro atoms. The zero-order valence-electron chi connectivity index (χ0n) is 13.8. The topological polar surface area (TPSA) is 58.5 Å². The Kier molecular flexibility index (Phi) is 7.67. The lowest BCUT2D eigenvalue weighted by atomic mass is 9.93. The Morgan fingerprint density at radius 3 is 2.67 bits per heavy atom. The van der Waals surface area contributed by atoms with E-state index in [0.717, 1.165) is 36.4 Å². The van der Waals surface area contributed by atoms with Crippen molar-refractivity contribution in [3.63, 3.8) is 0 Å². The minimum absolute atomic E-state index is 0.0959. The lowest BCUT2D eigenvalue weighted by Crippen LogP contribution is -2.39. The largest absolute Gasteiger partial charge is 0.380 e. The first kappa shape index (κ1) is 17.9. The summed E-state index contributed by atoms with van der Waals surface area (Å²) in [6, 6.07) is 0. The molecule has 0 radical (unpaired) electrons. The zero-order valence-corrected chi connectivity index (χ0v) is 14.6. The number of aromatic nitrogens is 1. The average Bonchev–Trinajstić information content (AvgIpc) is 2.89. The van der Waals surface area contributed by atoms with Gasteiger partial charge < -0.3 is 15.4 Å². The molecule has 1 aromatic rings. The molecule has 0 saturated carbocycles. The van der Waals surface area contributed by atoms with Crippen molar-refractivity contribution in [1.29, 1.82) is 0 Å². The molecule has 1 rings (SSSR count). The standard InChI is InChI=1S/C15H28N4OS/c1-6-16-14(17-8-9-20-7-2)18-10-13-19-12(11-21-13)15(3,4)5/h11H,6-10H2,1-5H3,(H2,16,17,18). The minimum Gasteiger partial charge on any atom is -0.380 e. The zero-order chi connectivity index (χ0) is 15.7. The van der Waals surface area contributed by atoms with Gasteiger partial charge in [0, 0.05) is 30.5 Å². The monoisotopic (exact) mass is 312 g/mol. The van der Waals surface area contributed by atoms with E-state index in [4.69, 9.17) is 4.74 Å². The maximum Gasteiger partial charge on any atom is 0.191 e. The fourth-order valence-corrected chi connectivity index (χ4v) is 2.55. The Morgan fingerprint density at radius 1 is 1.33 bits per heavy atom. The molecule has 120 valence electrons. The lowest BCUT2D eigenvalue weighted by Gasteiger charge is -2.14. The molecule has 5 nitrogen and oxygen atoms in total. The maximum absolute atomic E-state index is 5.31. The normalized spacial score (nSPS) is 12.5. The number of nitrogens with zero attached hydrogens (tertiary/aromatic N) is 2. The Labute approximate surface area is 132 Å². The lowest BCUT2D eigenvalue weighted by molar-refractivity contribution is 0.152. The quantitative estimate of drug-likeness (QED) is 0.461. The van der Waals surface area contributed by atoms with E-state index >= 15 is 0 Å². The number of nitrogens with one attached hydrogen (secondary N) is 2. The number of rotatable bonds is 7. The van der Waals surface area contributed by atoms with E-state index in [1.54, 1.807) is 11.3 Å². The molecule has 2 N–H and O–H groups in total. The molecule has 0 fully saturated rings. The van der Waals surface area contributed by atoms with Crippen LogP contribution in [0.5, 0.6) is 0 Å². The highest BCUT2D eigenvalue weighted by Crippen LogP contribution is 2.24. The highest BCUT2D eigenvalue weighted by atomic mass is 32.1. The van der Waals surface area contributed by atoms with E-state index in [-0.39, 0.29) is 5.41 Å². The van der Waals surface area contributed by atoms with E-state index < -0.39 is 0 Å². The van der Waals surface area contributed by atoms with Crippen LogP contribution in [0.4, 0.5) is 0 Å². The van der Waals surface area contributed by atoms with Crippen LogP contribution in [-0.2, 0) is 16.7 Å². The Hall–Kier alpha value is -1.14. The fourth-order valence-electron chi connectivity index (χ4n) is 1.60. The highest BCUT2D eigenvalue weighted by Gasteiger charge is 2.17. The number of aliphatic imine (C=N–C) groups is 1. The maximum atomic E-state index is 5.31. The van der Waals surface area contributed by atoms with Gasteiger partial charge in [0.2, 0.25) is 0 Å². The summed E-state index contributed by atoms with van der Waals surface area (Å²) >= 11 is 1.67. The molecule has 0 bridgehead atoms. The summed E-state index contributed by atoms with van der Waals surface area (Å²) in [5.41, 5.74) is 1.23. The molecule has 1 aromatic heterocycles. The van der Waals surface area contributed by atoms with Gasteiger partial charge in [-0.2, -0.15) is 0 Å². The molecule has 0 atom stereocenters. The SMILES string of the molecule is CCNC(=NCc1nc(C(C)(C)C)cs1)NCCOCC. The van der Waals surface area contributed by atoms with Gasteiger partial charge >= 0.3 is 0 Å². The Balaban J connectivity index is 2.54. The van der Waals surface area contributed by atoms with E-state index in [9.17, 15) is 0 Å². The van der Waals surface area contributed by atoms with Crippen LogP contribution < -0.4 is 10.6 Å². The molecule has 0 unspecified atom stereocenters. The predicted octanol–water partition coefficient (Wildman–Crippen LogP) is 2.53. The van der Waals surface area contributed by atoms with Crippen LogP contribution in [0, 0.1) is 0 Å². The van der Waals surface area contributed by atoms with Gasteiger partial charge in [0.1, 0.15) is 5.01 Å². The van der Waals surface area contributed by atoms with Crippen molar-refractivity contribution in [3.8, 4) is 0 Å². The van der Waals surface area contributed by atoms with Gasteiger partial charge in [0.25, 0.3) is 0 Å². The molecule has 0 aliphatic carbocycles. The first-order valence-electron chi connectivity index (χ1n) is 7.52. The number of ether oxygens (including phenoxy) is 1. The van der Waals surface area contributed by atoms with Crippen molar-refractivity contribution in [2.24, 2.45) is 4.99 Å². The van der Waals surface area contributed by atoms with Crippen LogP contribution in [0.25, 0.3) is 0 Å². The first-order chi connectivity index (χ1) is 9.97. The molecule has 21 heavy (non-hydrogen) atoms. The molecule has 6 heteroatoms. The van der Waals surface area contributed by atoms with E-state index in [1.165, 1.54) is 0 Å².